The molecule has 0 saturated heterocycles. The van der Waals surface area contributed by atoms with Crippen LogP contribution in [-0.2, 0) is 11.3 Å². The van der Waals surface area contributed by atoms with Gasteiger partial charge in [-0.2, -0.15) is 13.2 Å². The number of aromatic nitrogens is 3. The smallest absolute Gasteiger partial charge is 0.475 e. The molecule has 0 saturated carbocycles. The third kappa shape index (κ3) is 4.29. The molecule has 1 aromatic carbocycles. The fourth-order valence-corrected chi connectivity index (χ4v) is 1.76. The van der Waals surface area contributed by atoms with Gasteiger partial charge in [0.2, 0.25) is 0 Å². The molecular formula is C15H13F3N4O2. The van der Waals surface area contributed by atoms with E-state index in [1.165, 1.54) is 0 Å². The van der Waals surface area contributed by atoms with Gasteiger partial charge in [0.25, 0.3) is 0 Å². The second-order valence-electron chi connectivity index (χ2n) is 4.66. The number of carbonyl (C=O) groups is 1. The van der Waals surface area contributed by atoms with Crippen LogP contribution in [0.1, 0.15) is 5.56 Å². The molecule has 0 aliphatic carbocycles. The number of aliphatic carboxylic acids is 1. The average molecular weight is 338 g/mol. The summed E-state index contributed by atoms with van der Waals surface area (Å²) < 4.78 is 31.7. The van der Waals surface area contributed by atoms with E-state index >= 15 is 0 Å². The van der Waals surface area contributed by atoms with Gasteiger partial charge < -0.3 is 15.8 Å². The van der Waals surface area contributed by atoms with E-state index in [9.17, 15) is 13.2 Å². The summed E-state index contributed by atoms with van der Waals surface area (Å²) in [5, 5.41) is 7.12. The number of pyridine rings is 1. The van der Waals surface area contributed by atoms with E-state index < -0.39 is 12.1 Å². The molecule has 4 N–H and O–H groups in total. The molecule has 0 bridgehead atoms. The molecule has 0 atom stereocenters. The van der Waals surface area contributed by atoms with Crippen LogP contribution in [0.15, 0.2) is 42.6 Å². The molecular weight excluding hydrogens is 325 g/mol. The van der Waals surface area contributed by atoms with E-state index in [0.29, 0.717) is 6.54 Å². The Morgan fingerprint density at radius 1 is 1.21 bits per heavy atom. The van der Waals surface area contributed by atoms with E-state index in [4.69, 9.17) is 15.6 Å². The number of H-pyrrole nitrogens is 1. The van der Waals surface area contributed by atoms with Crippen LogP contribution < -0.4 is 5.73 Å². The molecule has 0 amide bonds. The fourth-order valence-electron chi connectivity index (χ4n) is 1.76. The van der Waals surface area contributed by atoms with Crippen LogP contribution in [0.5, 0.6) is 0 Å². The first kappa shape index (κ1) is 17.4. The Bertz CT molecular complexity index is 796. The zero-order chi connectivity index (χ0) is 17.7. The van der Waals surface area contributed by atoms with Gasteiger partial charge in [-0.3, -0.25) is 4.98 Å². The van der Waals surface area contributed by atoms with Crippen LogP contribution >= 0.6 is 0 Å². The molecule has 0 radical (unpaired) electrons. The number of imidazole rings is 1. The SMILES string of the molecule is NCc1ccc(-c2nc3ccccc3[nH]2)nc1.O=C(O)C(F)(F)F. The van der Waals surface area contributed by atoms with Crippen LogP contribution in [-0.4, -0.2) is 32.2 Å². The number of halogens is 3. The largest absolute Gasteiger partial charge is 0.490 e. The molecule has 0 spiro atoms. The molecule has 126 valence electrons. The van der Waals surface area contributed by atoms with Crippen LogP contribution in [0.25, 0.3) is 22.6 Å². The second-order valence-corrected chi connectivity index (χ2v) is 4.66. The summed E-state index contributed by atoms with van der Waals surface area (Å²) in [5.41, 5.74) is 9.36. The van der Waals surface area contributed by atoms with Crippen molar-refractivity contribution >= 4 is 17.0 Å². The van der Waals surface area contributed by atoms with E-state index in [-0.39, 0.29) is 0 Å². The Balaban J connectivity index is 0.000000256. The Hall–Kier alpha value is -2.94. The molecule has 0 aliphatic heterocycles. The highest BCUT2D eigenvalue weighted by Crippen LogP contribution is 2.18. The third-order valence-electron chi connectivity index (χ3n) is 2.93. The molecule has 2 heterocycles. The summed E-state index contributed by atoms with van der Waals surface area (Å²) in [6, 6.07) is 11.8. The zero-order valence-corrected chi connectivity index (χ0v) is 12.2. The Labute approximate surface area is 134 Å². The minimum absolute atomic E-state index is 0.507. The molecule has 2 aromatic heterocycles. The monoisotopic (exact) mass is 338 g/mol. The first-order valence-corrected chi connectivity index (χ1v) is 6.71. The minimum Gasteiger partial charge on any atom is -0.475 e. The van der Waals surface area contributed by atoms with Gasteiger partial charge in [-0.25, -0.2) is 9.78 Å². The first-order valence-electron chi connectivity index (χ1n) is 6.71. The number of carboxylic acids is 1. The molecule has 0 aliphatic rings. The van der Waals surface area contributed by atoms with Crippen LogP contribution in [0.4, 0.5) is 13.2 Å². The molecule has 3 aromatic rings. The number of nitrogens with two attached hydrogens (primary N) is 1. The van der Waals surface area contributed by atoms with Crippen molar-refractivity contribution in [3.63, 3.8) is 0 Å². The van der Waals surface area contributed by atoms with E-state index in [1.54, 1.807) is 6.20 Å². The van der Waals surface area contributed by atoms with Gasteiger partial charge >= 0.3 is 12.1 Å². The van der Waals surface area contributed by atoms with Gasteiger partial charge in [0.1, 0.15) is 5.69 Å². The van der Waals surface area contributed by atoms with Gasteiger partial charge in [0.05, 0.1) is 11.0 Å². The maximum absolute atomic E-state index is 10.6. The lowest BCUT2D eigenvalue weighted by molar-refractivity contribution is -0.192. The van der Waals surface area contributed by atoms with Gasteiger partial charge in [0, 0.05) is 12.7 Å². The number of rotatable bonds is 2. The Kier molecular flexibility index (Phi) is 5.14. The molecule has 9 heteroatoms. The maximum atomic E-state index is 10.6. The molecule has 0 fully saturated rings. The first-order chi connectivity index (χ1) is 11.3. The number of hydrogen-bond donors (Lipinski definition) is 3. The van der Waals surface area contributed by atoms with Crippen LogP contribution in [0, 0.1) is 0 Å². The van der Waals surface area contributed by atoms with Gasteiger partial charge in [0.15, 0.2) is 5.82 Å². The fraction of sp³-hybridized carbons (Fsp3) is 0.133. The van der Waals surface area contributed by atoms with Crippen molar-refractivity contribution in [1.29, 1.82) is 0 Å². The highest BCUT2D eigenvalue weighted by molar-refractivity contribution is 5.78. The number of para-hydroxylation sites is 2. The summed E-state index contributed by atoms with van der Waals surface area (Å²) in [4.78, 5) is 21.0. The molecule has 6 nitrogen and oxygen atoms in total. The van der Waals surface area contributed by atoms with Crippen molar-refractivity contribution < 1.29 is 23.1 Å². The Morgan fingerprint density at radius 2 is 1.88 bits per heavy atom. The highest BCUT2D eigenvalue weighted by atomic mass is 19.4. The maximum Gasteiger partial charge on any atom is 0.490 e. The topological polar surface area (TPSA) is 105 Å². The summed E-state index contributed by atoms with van der Waals surface area (Å²) in [6.07, 6.45) is -3.30. The summed E-state index contributed by atoms with van der Waals surface area (Å²) in [5.74, 6) is -1.97. The number of hydrogen-bond acceptors (Lipinski definition) is 4. The second kappa shape index (κ2) is 7.09. The standard InChI is InChI=1S/C13H12N4.C2HF3O2/c14-7-9-5-6-12(15-8-9)13-16-10-3-1-2-4-11(10)17-13;3-2(4,5)1(6)7/h1-6,8H,7,14H2,(H,16,17);(H,6,7). The normalized spacial score (nSPS) is 11.0. The minimum atomic E-state index is -5.08. The quantitative estimate of drug-likeness (QED) is 0.666. The molecule has 0 unspecified atom stereocenters. The number of alkyl halides is 3. The van der Waals surface area contributed by atoms with E-state index in [0.717, 1.165) is 28.1 Å². The number of aromatic amines is 1. The van der Waals surface area contributed by atoms with Crippen LogP contribution in [0.3, 0.4) is 0 Å². The average Bonchev–Trinajstić information content (AvgIpc) is 2.98. The van der Waals surface area contributed by atoms with Crippen LogP contribution in [0.2, 0.25) is 0 Å². The van der Waals surface area contributed by atoms with Crippen molar-refractivity contribution in [2.24, 2.45) is 5.73 Å². The summed E-state index contributed by atoms with van der Waals surface area (Å²) >= 11 is 0. The lowest BCUT2D eigenvalue weighted by Gasteiger charge is -1.97. The molecule has 24 heavy (non-hydrogen) atoms. The van der Waals surface area contributed by atoms with Gasteiger partial charge in [-0.15, -0.1) is 0 Å². The zero-order valence-electron chi connectivity index (χ0n) is 12.2. The van der Waals surface area contributed by atoms with E-state index in [2.05, 4.69) is 15.0 Å². The van der Waals surface area contributed by atoms with Crippen molar-refractivity contribution in [3.8, 4) is 11.5 Å². The number of nitrogens with zero attached hydrogens (tertiary/aromatic N) is 2. The Morgan fingerprint density at radius 3 is 2.38 bits per heavy atom. The van der Waals surface area contributed by atoms with E-state index in [1.807, 2.05) is 36.4 Å². The molecule has 3 rings (SSSR count). The highest BCUT2D eigenvalue weighted by Gasteiger charge is 2.38. The lowest BCUT2D eigenvalue weighted by Crippen LogP contribution is -2.21. The predicted octanol–water partition coefficient (Wildman–Crippen LogP) is 2.72. The number of benzene rings is 1. The number of nitrogens with one attached hydrogen (secondary N) is 1. The third-order valence-corrected chi connectivity index (χ3v) is 2.93. The predicted molar refractivity (Wildman–Crippen MR) is 80.9 cm³/mol. The summed E-state index contributed by atoms with van der Waals surface area (Å²) in [7, 11) is 0. The number of fused-ring (bicyclic) bond motifs is 1. The van der Waals surface area contributed by atoms with Crippen molar-refractivity contribution in [1.82, 2.24) is 15.0 Å². The number of carboxylic acid groups (broad SMARTS) is 1. The van der Waals surface area contributed by atoms with Crippen molar-refractivity contribution in [2.45, 2.75) is 12.7 Å². The van der Waals surface area contributed by atoms with Gasteiger partial charge in [-0.05, 0) is 23.8 Å². The lowest BCUT2D eigenvalue weighted by atomic mass is 10.2. The van der Waals surface area contributed by atoms with Crippen molar-refractivity contribution in [3.05, 3.63) is 48.2 Å². The van der Waals surface area contributed by atoms with Crippen molar-refractivity contribution in [2.75, 3.05) is 0 Å². The van der Waals surface area contributed by atoms with Gasteiger partial charge in [-0.1, -0.05) is 18.2 Å². The summed E-state index contributed by atoms with van der Waals surface area (Å²) in [6.45, 7) is 0.507.